The van der Waals surface area contributed by atoms with Crippen molar-refractivity contribution in [2.24, 2.45) is 4.99 Å². The van der Waals surface area contributed by atoms with Crippen molar-refractivity contribution in [2.75, 3.05) is 12.8 Å². The first-order valence-corrected chi connectivity index (χ1v) is 9.09. The van der Waals surface area contributed by atoms with Gasteiger partial charge in [0.05, 0.1) is 5.56 Å². The number of oxazole rings is 1. The number of rotatable bonds is 6. The van der Waals surface area contributed by atoms with E-state index < -0.39 is 0 Å². The van der Waals surface area contributed by atoms with E-state index in [2.05, 4.69) is 28.5 Å². The molecule has 1 atom stereocenters. The van der Waals surface area contributed by atoms with Crippen LogP contribution in [0.3, 0.4) is 0 Å². The van der Waals surface area contributed by atoms with Gasteiger partial charge in [-0.25, -0.2) is 4.98 Å². The molecule has 0 spiro atoms. The Bertz CT molecular complexity index is 948. The van der Waals surface area contributed by atoms with Crippen LogP contribution in [0.2, 0.25) is 0 Å². The summed E-state index contributed by atoms with van der Waals surface area (Å²) in [7, 11) is 1.72. The van der Waals surface area contributed by atoms with E-state index in [4.69, 9.17) is 10.2 Å². The van der Waals surface area contributed by atoms with E-state index >= 15 is 0 Å². The second-order valence-electron chi connectivity index (χ2n) is 6.06. The number of nitrogens with two attached hydrogens (primary N) is 1. The molecule has 3 aromatic rings. The van der Waals surface area contributed by atoms with Crippen molar-refractivity contribution in [1.82, 2.24) is 10.3 Å². The van der Waals surface area contributed by atoms with E-state index in [1.807, 2.05) is 37.3 Å². The Morgan fingerprint density at radius 3 is 2.68 bits per heavy atom. The van der Waals surface area contributed by atoms with Gasteiger partial charge in [0.25, 0.3) is 5.91 Å². The van der Waals surface area contributed by atoms with E-state index in [-0.39, 0.29) is 11.9 Å². The maximum absolute atomic E-state index is 12.8. The summed E-state index contributed by atoms with van der Waals surface area (Å²) >= 11 is 0. The lowest BCUT2D eigenvalue weighted by molar-refractivity contribution is 0.0939. The summed E-state index contributed by atoms with van der Waals surface area (Å²) in [5.41, 5.74) is 8.69. The lowest BCUT2D eigenvalue weighted by atomic mass is 10.1. The number of benzene rings is 2. The first-order valence-electron chi connectivity index (χ1n) is 9.09. The lowest BCUT2D eigenvalue weighted by Gasteiger charge is -2.15. The van der Waals surface area contributed by atoms with Crippen LogP contribution in [0.25, 0.3) is 22.6 Å². The largest absolute Gasteiger partial charge is 0.436 e. The summed E-state index contributed by atoms with van der Waals surface area (Å²) in [6, 6.07) is 12.9. The zero-order valence-corrected chi connectivity index (χ0v) is 16.3. The molecule has 2 aromatic carbocycles. The summed E-state index contributed by atoms with van der Waals surface area (Å²) in [6.45, 7) is 8.02. The van der Waals surface area contributed by atoms with Crippen molar-refractivity contribution in [3.8, 4) is 11.5 Å². The number of fused-ring (bicyclic) bond motifs is 1. The van der Waals surface area contributed by atoms with Gasteiger partial charge in [0.2, 0.25) is 5.89 Å². The number of nitrogens with zero attached hydrogens (tertiary/aromatic N) is 2. The number of nitrogen functional groups attached to an aromatic ring is 1. The van der Waals surface area contributed by atoms with Crippen LogP contribution in [0.4, 0.5) is 5.69 Å². The van der Waals surface area contributed by atoms with Gasteiger partial charge in [-0.3, -0.25) is 4.79 Å². The third-order valence-electron chi connectivity index (χ3n) is 4.18. The van der Waals surface area contributed by atoms with Crippen LogP contribution >= 0.6 is 0 Å². The minimum absolute atomic E-state index is 0.00294. The second kappa shape index (κ2) is 10.1. The smallest absolute Gasteiger partial charge is 0.253 e. The minimum atomic E-state index is -0.216. The van der Waals surface area contributed by atoms with Crippen molar-refractivity contribution in [1.29, 1.82) is 0 Å². The van der Waals surface area contributed by atoms with E-state index in [0.717, 1.165) is 12.0 Å². The molecule has 0 aliphatic rings. The Hall–Kier alpha value is -3.41. The molecule has 0 aliphatic carbocycles. The summed E-state index contributed by atoms with van der Waals surface area (Å²) in [6.07, 6.45) is 3.28. The third kappa shape index (κ3) is 4.85. The van der Waals surface area contributed by atoms with Gasteiger partial charge in [0.15, 0.2) is 5.58 Å². The van der Waals surface area contributed by atoms with Crippen molar-refractivity contribution < 1.29 is 9.21 Å². The summed E-state index contributed by atoms with van der Waals surface area (Å²) in [5.74, 6) is 0.247. The lowest BCUT2D eigenvalue weighted by Crippen LogP contribution is -2.34. The van der Waals surface area contributed by atoms with Gasteiger partial charge in [-0.1, -0.05) is 25.1 Å². The molecular weight excluding hydrogens is 352 g/mol. The highest BCUT2D eigenvalue weighted by Crippen LogP contribution is 2.28. The molecule has 6 heteroatoms. The van der Waals surface area contributed by atoms with Crippen LogP contribution in [-0.2, 0) is 0 Å². The number of hydrogen-bond acceptors (Lipinski definition) is 5. The number of nitrogens with one attached hydrogen (secondary N) is 1. The maximum Gasteiger partial charge on any atom is 0.253 e. The van der Waals surface area contributed by atoms with Crippen LogP contribution in [0, 0.1) is 0 Å². The van der Waals surface area contributed by atoms with Crippen LogP contribution in [0.15, 0.2) is 65.0 Å². The van der Waals surface area contributed by atoms with Crippen molar-refractivity contribution in [3.05, 3.63) is 61.2 Å². The molecule has 1 unspecified atom stereocenters. The number of carbonyl (C=O) groups excluding carboxylic acids is 1. The Labute approximate surface area is 165 Å². The summed E-state index contributed by atoms with van der Waals surface area (Å²) in [5, 5.41) is 3.02. The van der Waals surface area contributed by atoms with E-state index in [0.29, 0.717) is 34.7 Å². The highest BCUT2D eigenvalue weighted by Gasteiger charge is 2.19. The number of aromatic nitrogens is 1. The van der Waals surface area contributed by atoms with Gasteiger partial charge in [-0.15, -0.1) is 13.2 Å². The highest BCUT2D eigenvalue weighted by molar-refractivity contribution is 6.06. The number of amides is 1. The molecule has 6 nitrogen and oxygen atoms in total. The predicted molar refractivity (Wildman–Crippen MR) is 116 cm³/mol. The minimum Gasteiger partial charge on any atom is -0.436 e. The van der Waals surface area contributed by atoms with Crippen molar-refractivity contribution in [2.45, 2.75) is 25.8 Å². The molecule has 28 heavy (non-hydrogen) atoms. The topological polar surface area (TPSA) is 93.5 Å². The number of anilines is 1. The van der Waals surface area contributed by atoms with Crippen LogP contribution in [0.5, 0.6) is 0 Å². The molecule has 1 aromatic heterocycles. The number of carbonyl (C=O) groups is 1. The normalized spacial score (nSPS) is 11.8. The predicted octanol–water partition coefficient (Wildman–Crippen LogP) is 4.48. The molecular formula is C22H26N4O2. The molecule has 3 N–H and O–H groups in total. The third-order valence-corrected chi connectivity index (χ3v) is 4.18. The van der Waals surface area contributed by atoms with E-state index in [9.17, 15) is 4.79 Å². The van der Waals surface area contributed by atoms with Gasteiger partial charge in [0.1, 0.15) is 5.52 Å². The monoisotopic (exact) mass is 378 g/mol. The van der Waals surface area contributed by atoms with Gasteiger partial charge in [-0.05, 0) is 24.6 Å². The van der Waals surface area contributed by atoms with Crippen LogP contribution in [-0.4, -0.2) is 30.2 Å². The SMILES string of the molecule is C=C.CCC(CC=NC)NC(=O)c1cc(N)cc2oc(-c3ccccc3)nc12. The van der Waals surface area contributed by atoms with Crippen molar-refractivity contribution >= 4 is 28.9 Å². The molecule has 0 aliphatic heterocycles. The molecule has 146 valence electrons. The Kier molecular flexibility index (Phi) is 7.51. The zero-order valence-electron chi connectivity index (χ0n) is 16.3. The van der Waals surface area contributed by atoms with Crippen LogP contribution in [0.1, 0.15) is 30.1 Å². The zero-order chi connectivity index (χ0) is 20.5. The molecule has 0 saturated heterocycles. The summed E-state index contributed by atoms with van der Waals surface area (Å²) < 4.78 is 5.83. The standard InChI is InChI=1S/C20H22N4O2.C2H4/c1-3-15(9-10-22-2)23-19(25)16-11-14(21)12-17-18(16)24-20(26-17)13-7-5-4-6-8-13;1-2/h4-8,10-12,15H,3,9,21H2,1-2H3,(H,23,25);1-2H2. The fourth-order valence-electron chi connectivity index (χ4n) is 2.75. The fourth-order valence-corrected chi connectivity index (χ4v) is 2.75. The Morgan fingerprint density at radius 1 is 1.32 bits per heavy atom. The van der Waals surface area contributed by atoms with E-state index in [1.54, 1.807) is 25.4 Å². The molecule has 3 rings (SSSR count). The molecule has 0 fully saturated rings. The molecule has 0 radical (unpaired) electrons. The fraction of sp³-hybridized carbons (Fsp3) is 0.227. The van der Waals surface area contributed by atoms with Gasteiger partial charge >= 0.3 is 0 Å². The number of aliphatic imine (C=N–C) groups is 1. The van der Waals surface area contributed by atoms with Gasteiger partial charge in [0, 0.05) is 43.0 Å². The maximum atomic E-state index is 12.8. The molecule has 0 bridgehead atoms. The Balaban J connectivity index is 0.00000136. The summed E-state index contributed by atoms with van der Waals surface area (Å²) in [4.78, 5) is 21.3. The van der Waals surface area contributed by atoms with Gasteiger partial charge < -0.3 is 20.5 Å². The quantitative estimate of drug-likeness (QED) is 0.376. The molecule has 0 saturated carbocycles. The average molecular weight is 378 g/mol. The molecule has 1 amide bonds. The Morgan fingerprint density at radius 2 is 2.04 bits per heavy atom. The molecule has 1 heterocycles. The first-order chi connectivity index (χ1) is 13.6. The number of hydrogen-bond donors (Lipinski definition) is 2. The van der Waals surface area contributed by atoms with Gasteiger partial charge in [-0.2, -0.15) is 0 Å². The van der Waals surface area contributed by atoms with Crippen LogP contribution < -0.4 is 11.1 Å². The first kappa shape index (κ1) is 20.9. The van der Waals surface area contributed by atoms with Crippen molar-refractivity contribution in [3.63, 3.8) is 0 Å². The average Bonchev–Trinajstić information content (AvgIpc) is 3.16. The second-order valence-corrected chi connectivity index (χ2v) is 6.06. The van der Waals surface area contributed by atoms with E-state index in [1.165, 1.54) is 0 Å². The highest BCUT2D eigenvalue weighted by atomic mass is 16.3.